The first-order valence-corrected chi connectivity index (χ1v) is 12.2. The lowest BCUT2D eigenvalue weighted by molar-refractivity contribution is 0.0712. The number of hydrogen-bond acceptors (Lipinski definition) is 8. The highest BCUT2D eigenvalue weighted by Crippen LogP contribution is 2.35. The molecule has 2 atom stereocenters. The summed E-state index contributed by atoms with van der Waals surface area (Å²) in [6.45, 7) is 7.91. The number of rotatable bonds is 6. The van der Waals surface area contributed by atoms with Crippen LogP contribution in [0.25, 0.3) is 16.7 Å². The summed E-state index contributed by atoms with van der Waals surface area (Å²) in [6, 6.07) is 1.99. The third-order valence-corrected chi connectivity index (χ3v) is 7.15. The number of piperazine rings is 1. The number of anilines is 2. The van der Waals surface area contributed by atoms with Crippen molar-refractivity contribution in [1.82, 2.24) is 34.2 Å². The molecule has 0 spiro atoms. The van der Waals surface area contributed by atoms with Crippen LogP contribution in [0.2, 0.25) is 5.02 Å². The molecule has 178 valence electrons. The van der Waals surface area contributed by atoms with Gasteiger partial charge in [0.05, 0.1) is 35.2 Å². The summed E-state index contributed by atoms with van der Waals surface area (Å²) < 4.78 is 7.96. The van der Waals surface area contributed by atoms with Gasteiger partial charge in [0, 0.05) is 44.9 Å². The molecule has 2 unspecified atom stereocenters. The summed E-state index contributed by atoms with van der Waals surface area (Å²) in [7, 11) is 0. The van der Waals surface area contributed by atoms with Crippen molar-refractivity contribution in [2.24, 2.45) is 0 Å². The van der Waals surface area contributed by atoms with E-state index in [-0.39, 0.29) is 6.04 Å². The molecule has 0 amide bonds. The summed E-state index contributed by atoms with van der Waals surface area (Å²) in [5.41, 5.74) is 3.42. The van der Waals surface area contributed by atoms with Crippen molar-refractivity contribution in [2.75, 3.05) is 49.5 Å². The van der Waals surface area contributed by atoms with E-state index in [9.17, 15) is 0 Å². The number of imidazole rings is 2. The molecule has 4 aromatic rings. The zero-order chi connectivity index (χ0) is 23.1. The highest BCUT2D eigenvalue weighted by molar-refractivity contribution is 6.34. The molecule has 0 radical (unpaired) electrons. The van der Waals surface area contributed by atoms with E-state index < -0.39 is 0 Å². The van der Waals surface area contributed by atoms with Gasteiger partial charge in [-0.3, -0.25) is 9.30 Å². The molecule has 34 heavy (non-hydrogen) atoms. The van der Waals surface area contributed by atoms with Gasteiger partial charge in [-0.2, -0.15) is 0 Å². The first-order chi connectivity index (χ1) is 16.7. The summed E-state index contributed by atoms with van der Waals surface area (Å²) in [5.74, 6) is 1.83. The molecule has 10 nitrogen and oxygen atoms in total. The largest absolute Gasteiger partial charge is 0.377 e. The van der Waals surface area contributed by atoms with Crippen molar-refractivity contribution < 1.29 is 4.74 Å². The first kappa shape index (κ1) is 21.6. The lowest BCUT2D eigenvalue weighted by atomic mass is 10.1. The van der Waals surface area contributed by atoms with Crippen molar-refractivity contribution in [3.8, 4) is 0 Å². The highest BCUT2D eigenvalue weighted by atomic mass is 35.5. The average Bonchev–Trinajstić information content (AvgIpc) is 3.62. The number of nitrogens with one attached hydrogen (secondary N) is 2. The Kier molecular flexibility index (Phi) is 5.72. The number of halogens is 1. The molecule has 6 rings (SSSR count). The maximum atomic E-state index is 6.69. The second-order valence-electron chi connectivity index (χ2n) is 9.03. The summed E-state index contributed by atoms with van der Waals surface area (Å²) in [6.07, 6.45) is 9.56. The van der Waals surface area contributed by atoms with E-state index in [4.69, 9.17) is 16.3 Å². The van der Waals surface area contributed by atoms with Gasteiger partial charge < -0.3 is 19.9 Å². The van der Waals surface area contributed by atoms with Gasteiger partial charge in [0.25, 0.3) is 0 Å². The smallest absolute Gasteiger partial charge is 0.182 e. The molecule has 0 aliphatic carbocycles. The van der Waals surface area contributed by atoms with Crippen LogP contribution in [0.4, 0.5) is 11.6 Å². The van der Waals surface area contributed by atoms with E-state index in [2.05, 4.69) is 57.4 Å². The fourth-order valence-electron chi connectivity index (χ4n) is 5.08. The van der Waals surface area contributed by atoms with Crippen LogP contribution in [-0.2, 0) is 4.74 Å². The van der Waals surface area contributed by atoms with Gasteiger partial charge in [0.1, 0.15) is 24.0 Å². The van der Waals surface area contributed by atoms with Crippen LogP contribution in [0.1, 0.15) is 31.4 Å². The first-order valence-electron chi connectivity index (χ1n) is 11.8. The summed E-state index contributed by atoms with van der Waals surface area (Å²) >= 11 is 6.69. The molecule has 4 aromatic heterocycles. The molecular formula is C23H28ClN9O. The molecular weight excluding hydrogens is 454 g/mol. The Morgan fingerprint density at radius 3 is 2.94 bits per heavy atom. The molecule has 0 saturated carbocycles. The molecule has 2 aliphatic rings. The average molecular weight is 482 g/mol. The molecule has 2 N–H and O–H groups in total. The maximum absolute atomic E-state index is 6.69. The second-order valence-corrected chi connectivity index (χ2v) is 9.44. The van der Waals surface area contributed by atoms with Crippen molar-refractivity contribution in [3.63, 3.8) is 0 Å². The Balaban J connectivity index is 1.29. The number of ether oxygens (including phenoxy) is 1. The quantitative estimate of drug-likeness (QED) is 0.433. The predicted octanol–water partition coefficient (Wildman–Crippen LogP) is 3.13. The Bertz CT molecular complexity index is 1290. The van der Waals surface area contributed by atoms with E-state index in [0.717, 1.165) is 61.7 Å². The van der Waals surface area contributed by atoms with E-state index in [1.807, 2.05) is 12.5 Å². The number of fused-ring (bicyclic) bond motifs is 2. The Morgan fingerprint density at radius 2 is 2.12 bits per heavy atom. The number of pyridine rings is 1. The zero-order valence-corrected chi connectivity index (χ0v) is 19.9. The Labute approximate surface area is 202 Å². The number of nitrogens with zero attached hydrogens (tertiary/aromatic N) is 7. The Morgan fingerprint density at radius 1 is 1.24 bits per heavy atom. The minimum absolute atomic E-state index is 0.0642. The SMILES string of the molecule is CC(Nc1ncnc2nc[nH]c12)c1cc(Cl)c2cncn2c1N1CCN(CC2CCCO2)CC1. The van der Waals surface area contributed by atoms with Gasteiger partial charge in [-0.05, 0) is 25.8 Å². The molecule has 2 fully saturated rings. The van der Waals surface area contributed by atoms with Gasteiger partial charge in [0.2, 0.25) is 0 Å². The number of aromatic nitrogens is 6. The second kappa shape index (κ2) is 9.01. The molecule has 6 heterocycles. The molecule has 0 aromatic carbocycles. The highest BCUT2D eigenvalue weighted by Gasteiger charge is 2.27. The van der Waals surface area contributed by atoms with Crippen LogP contribution in [0.5, 0.6) is 0 Å². The molecule has 2 aliphatic heterocycles. The van der Waals surface area contributed by atoms with Gasteiger partial charge in [-0.1, -0.05) is 11.6 Å². The summed E-state index contributed by atoms with van der Waals surface area (Å²) in [4.78, 5) is 25.4. The fraction of sp³-hybridized carbons (Fsp3) is 0.478. The van der Waals surface area contributed by atoms with Crippen LogP contribution in [0, 0.1) is 0 Å². The number of aromatic amines is 1. The van der Waals surface area contributed by atoms with E-state index in [0.29, 0.717) is 22.6 Å². The summed E-state index contributed by atoms with van der Waals surface area (Å²) in [5, 5.41) is 4.22. The van der Waals surface area contributed by atoms with E-state index >= 15 is 0 Å². The minimum atomic E-state index is -0.0642. The Hall–Kier alpha value is -2.95. The fourth-order valence-corrected chi connectivity index (χ4v) is 5.34. The molecule has 2 saturated heterocycles. The van der Waals surface area contributed by atoms with Crippen LogP contribution >= 0.6 is 11.6 Å². The van der Waals surface area contributed by atoms with Gasteiger partial charge >= 0.3 is 0 Å². The van der Waals surface area contributed by atoms with Crippen LogP contribution in [0.15, 0.2) is 31.2 Å². The third-order valence-electron chi connectivity index (χ3n) is 6.85. The number of H-pyrrole nitrogens is 1. The van der Waals surface area contributed by atoms with Crippen molar-refractivity contribution in [3.05, 3.63) is 41.8 Å². The standard InChI is InChI=1S/C23H28ClN9O/c1-15(30-22-20-21(27-12-26-20)28-13-29-22)17-9-18(24)19-10-25-14-33(19)23(17)32-6-4-31(5-7-32)11-16-3-2-8-34-16/h9-10,12-16H,2-8,11H2,1H3,(H2,26,27,28,29,30). The predicted molar refractivity (Wildman–Crippen MR) is 132 cm³/mol. The van der Waals surface area contributed by atoms with E-state index in [1.165, 1.54) is 19.2 Å². The van der Waals surface area contributed by atoms with Gasteiger partial charge in [-0.25, -0.2) is 19.9 Å². The maximum Gasteiger partial charge on any atom is 0.182 e. The van der Waals surface area contributed by atoms with Crippen LogP contribution in [0.3, 0.4) is 0 Å². The van der Waals surface area contributed by atoms with Gasteiger partial charge in [0.15, 0.2) is 11.5 Å². The normalized spacial score (nSPS) is 20.4. The van der Waals surface area contributed by atoms with Crippen molar-refractivity contribution in [2.45, 2.75) is 31.9 Å². The van der Waals surface area contributed by atoms with Crippen LogP contribution < -0.4 is 10.2 Å². The zero-order valence-electron chi connectivity index (χ0n) is 19.1. The minimum Gasteiger partial charge on any atom is -0.377 e. The van der Waals surface area contributed by atoms with Crippen molar-refractivity contribution in [1.29, 1.82) is 0 Å². The van der Waals surface area contributed by atoms with Gasteiger partial charge in [-0.15, -0.1) is 0 Å². The van der Waals surface area contributed by atoms with Crippen molar-refractivity contribution >= 4 is 39.9 Å². The molecule has 11 heteroatoms. The monoisotopic (exact) mass is 481 g/mol. The third kappa shape index (κ3) is 3.95. The number of hydrogen-bond donors (Lipinski definition) is 2. The lowest BCUT2D eigenvalue weighted by Gasteiger charge is -2.38. The van der Waals surface area contributed by atoms with E-state index in [1.54, 1.807) is 6.33 Å². The van der Waals surface area contributed by atoms with Crippen LogP contribution in [-0.4, -0.2) is 79.7 Å². The lowest BCUT2D eigenvalue weighted by Crippen LogP contribution is -2.49. The molecule has 0 bridgehead atoms. The topological polar surface area (TPSA) is 99.5 Å².